The molecule has 0 bridgehead atoms. The number of H-pyrrole nitrogens is 2. The fourth-order valence-corrected chi connectivity index (χ4v) is 1.54. The van der Waals surface area contributed by atoms with Gasteiger partial charge in [0.15, 0.2) is 0 Å². The lowest BCUT2D eigenvalue weighted by Gasteiger charge is -2.08. The normalized spacial score (nSPS) is 11.3. The first-order chi connectivity index (χ1) is 10.5. The molecule has 0 saturated heterocycles. The summed E-state index contributed by atoms with van der Waals surface area (Å²) in [6, 6.07) is 3.98. The van der Waals surface area contributed by atoms with E-state index >= 15 is 0 Å². The minimum absolute atomic E-state index is 0.00579. The van der Waals surface area contributed by atoms with Crippen LogP contribution in [0, 0.1) is 0 Å². The maximum atomic E-state index is 11.8. The van der Waals surface area contributed by atoms with Gasteiger partial charge >= 0.3 is 15.6 Å². The van der Waals surface area contributed by atoms with Crippen LogP contribution in [0.3, 0.4) is 0 Å². The van der Waals surface area contributed by atoms with Gasteiger partial charge in [0.2, 0.25) is 0 Å². The van der Waals surface area contributed by atoms with E-state index < -0.39 is 26.9 Å². The van der Waals surface area contributed by atoms with Crippen LogP contribution in [0.4, 0.5) is 13.2 Å². The number of pyridine rings is 2. The summed E-state index contributed by atoms with van der Waals surface area (Å²) in [7, 11) is -5.72. The Morgan fingerprint density at radius 3 is 1.91 bits per heavy atom. The Hall–Kier alpha value is -2.76. The first-order valence-electron chi connectivity index (χ1n) is 5.58. The van der Waals surface area contributed by atoms with Crippen LogP contribution < -0.4 is 15.3 Å². The van der Waals surface area contributed by atoms with E-state index in [2.05, 4.69) is 14.2 Å². The molecule has 0 aliphatic rings. The molecule has 2 aromatic heterocycles. The number of aromatic nitrogens is 2. The van der Waals surface area contributed by atoms with E-state index in [0.29, 0.717) is 6.07 Å². The van der Waals surface area contributed by atoms with Gasteiger partial charge in [-0.25, -0.2) is 0 Å². The molecule has 23 heavy (non-hydrogen) atoms. The van der Waals surface area contributed by atoms with E-state index in [1.807, 2.05) is 0 Å². The molecule has 2 aromatic rings. The smallest absolute Gasteiger partial charge is 0.508 e. The lowest BCUT2D eigenvalue weighted by Crippen LogP contribution is -2.28. The van der Waals surface area contributed by atoms with Crippen molar-refractivity contribution in [2.45, 2.75) is 5.51 Å². The largest absolute Gasteiger partial charge is 0.534 e. The zero-order valence-electron chi connectivity index (χ0n) is 11.0. The van der Waals surface area contributed by atoms with E-state index in [1.165, 1.54) is 12.3 Å². The minimum atomic E-state index is -5.72. The standard InChI is InChI=1S/C6H4F3NO4S.C5H5NO2/c7-6(8,9)15(12,13)14-4-1-2-10-5(11)3-4;7-4-1-2-6-5(8)3-4/h1-3H,(H,10,11);1-3H,(H2,6,7,8). The summed E-state index contributed by atoms with van der Waals surface area (Å²) in [5.74, 6) is -0.704. The molecule has 3 N–H and O–H groups in total. The molecular weight excluding hydrogens is 345 g/mol. The van der Waals surface area contributed by atoms with Crippen molar-refractivity contribution in [1.29, 1.82) is 0 Å². The molecule has 126 valence electrons. The van der Waals surface area contributed by atoms with E-state index in [-0.39, 0.29) is 11.3 Å². The average molecular weight is 354 g/mol. The molecule has 0 unspecified atom stereocenters. The Balaban J connectivity index is 0.000000277. The van der Waals surface area contributed by atoms with Crippen molar-refractivity contribution in [2.75, 3.05) is 0 Å². The van der Waals surface area contributed by atoms with Crippen LogP contribution in [0.5, 0.6) is 11.5 Å². The summed E-state index contributed by atoms with van der Waals surface area (Å²) < 4.78 is 60.1. The van der Waals surface area contributed by atoms with Gasteiger partial charge in [-0.05, 0) is 12.1 Å². The van der Waals surface area contributed by atoms with Crippen LogP contribution in [0.2, 0.25) is 0 Å². The summed E-state index contributed by atoms with van der Waals surface area (Å²) in [6.07, 6.45) is 2.35. The van der Waals surface area contributed by atoms with Gasteiger partial charge in [-0.3, -0.25) is 9.59 Å². The van der Waals surface area contributed by atoms with Crippen molar-refractivity contribution in [3.63, 3.8) is 0 Å². The van der Waals surface area contributed by atoms with E-state index in [0.717, 1.165) is 18.3 Å². The molecule has 0 fully saturated rings. The third kappa shape index (κ3) is 5.86. The third-order valence-corrected chi connectivity index (χ3v) is 2.97. The van der Waals surface area contributed by atoms with E-state index in [4.69, 9.17) is 5.11 Å². The number of alkyl halides is 3. The molecule has 0 aromatic carbocycles. The van der Waals surface area contributed by atoms with Crippen LogP contribution >= 0.6 is 0 Å². The molecule has 8 nitrogen and oxygen atoms in total. The number of hydrogen-bond acceptors (Lipinski definition) is 6. The fourth-order valence-electron chi connectivity index (χ4n) is 1.08. The zero-order chi connectivity index (χ0) is 17.7. The molecule has 2 rings (SSSR count). The highest BCUT2D eigenvalue weighted by atomic mass is 32.2. The van der Waals surface area contributed by atoms with Gasteiger partial charge in [-0.1, -0.05) is 0 Å². The van der Waals surface area contributed by atoms with Gasteiger partial charge in [0.25, 0.3) is 11.1 Å². The minimum Gasteiger partial charge on any atom is -0.508 e. The maximum absolute atomic E-state index is 11.8. The van der Waals surface area contributed by atoms with E-state index in [9.17, 15) is 31.2 Å². The Morgan fingerprint density at radius 2 is 1.52 bits per heavy atom. The summed E-state index contributed by atoms with van der Waals surface area (Å²) >= 11 is 0. The Bertz CT molecular complexity index is 872. The second kappa shape index (κ2) is 7.00. The molecule has 12 heteroatoms. The van der Waals surface area contributed by atoms with Crippen molar-refractivity contribution >= 4 is 10.1 Å². The van der Waals surface area contributed by atoms with Crippen molar-refractivity contribution in [2.24, 2.45) is 0 Å². The predicted molar refractivity (Wildman–Crippen MR) is 71.4 cm³/mol. The number of aromatic amines is 2. The quantitative estimate of drug-likeness (QED) is 0.537. The van der Waals surface area contributed by atoms with E-state index in [1.54, 1.807) is 0 Å². The van der Waals surface area contributed by atoms with Gasteiger partial charge in [0.05, 0.1) is 0 Å². The van der Waals surface area contributed by atoms with Gasteiger partial charge in [0, 0.05) is 24.5 Å². The SMILES string of the molecule is O=c1cc(O)cc[nH]1.O=c1cc(OS(=O)(=O)C(F)(F)F)cc[nH]1. The maximum Gasteiger partial charge on any atom is 0.534 e. The highest BCUT2D eigenvalue weighted by Gasteiger charge is 2.48. The summed E-state index contributed by atoms with van der Waals surface area (Å²) in [5.41, 5.74) is -6.58. The molecule has 2 heterocycles. The highest BCUT2D eigenvalue weighted by Crippen LogP contribution is 2.25. The van der Waals surface area contributed by atoms with Crippen LogP contribution in [0.15, 0.2) is 46.2 Å². The lowest BCUT2D eigenvalue weighted by atomic mass is 10.5. The van der Waals surface area contributed by atoms with Crippen LogP contribution in [0.1, 0.15) is 0 Å². The number of halogens is 3. The zero-order valence-corrected chi connectivity index (χ0v) is 11.8. The van der Waals surface area contributed by atoms with Crippen molar-refractivity contribution in [3.05, 3.63) is 57.4 Å². The van der Waals surface area contributed by atoms with Crippen molar-refractivity contribution in [3.8, 4) is 11.5 Å². The second-order valence-electron chi connectivity index (χ2n) is 3.78. The van der Waals surface area contributed by atoms with Gasteiger partial charge in [0.1, 0.15) is 11.5 Å². The van der Waals surface area contributed by atoms with Crippen LogP contribution in [-0.4, -0.2) is 29.0 Å². The summed E-state index contributed by atoms with van der Waals surface area (Å²) in [4.78, 5) is 25.3. The monoisotopic (exact) mass is 354 g/mol. The first-order valence-corrected chi connectivity index (χ1v) is 6.99. The second-order valence-corrected chi connectivity index (χ2v) is 5.32. The van der Waals surface area contributed by atoms with Gasteiger partial charge in [-0.2, -0.15) is 21.6 Å². The molecule has 0 radical (unpaired) electrons. The van der Waals surface area contributed by atoms with Crippen molar-refractivity contribution < 1.29 is 30.9 Å². The molecule has 0 atom stereocenters. The van der Waals surface area contributed by atoms with Gasteiger partial charge < -0.3 is 19.3 Å². The number of hydrogen-bond donors (Lipinski definition) is 3. The molecule has 0 aliphatic heterocycles. The Labute approximate surface area is 126 Å². The molecule has 0 aliphatic carbocycles. The lowest BCUT2D eigenvalue weighted by molar-refractivity contribution is -0.0500. The molecule has 0 spiro atoms. The Morgan fingerprint density at radius 1 is 1.00 bits per heavy atom. The third-order valence-electron chi connectivity index (χ3n) is 1.99. The molecular formula is C11H9F3N2O6S. The summed E-state index contributed by atoms with van der Waals surface area (Å²) in [5, 5.41) is 8.59. The average Bonchev–Trinajstić information content (AvgIpc) is 2.37. The first kappa shape index (κ1) is 18.3. The summed E-state index contributed by atoms with van der Waals surface area (Å²) in [6.45, 7) is 0. The number of aromatic hydroxyl groups is 1. The molecule has 0 amide bonds. The Kier molecular flexibility index (Phi) is 5.57. The molecule has 0 saturated carbocycles. The highest BCUT2D eigenvalue weighted by molar-refractivity contribution is 7.87. The number of nitrogens with one attached hydrogen (secondary N) is 2. The van der Waals surface area contributed by atoms with Crippen LogP contribution in [-0.2, 0) is 10.1 Å². The predicted octanol–water partition coefficient (Wildman–Crippen LogP) is 0.684. The van der Waals surface area contributed by atoms with Crippen molar-refractivity contribution in [1.82, 2.24) is 9.97 Å². The number of rotatable bonds is 2. The topological polar surface area (TPSA) is 129 Å². The van der Waals surface area contributed by atoms with Crippen LogP contribution in [0.25, 0.3) is 0 Å². The van der Waals surface area contributed by atoms with Gasteiger partial charge in [-0.15, -0.1) is 0 Å². The fraction of sp³-hybridized carbons (Fsp3) is 0.0909.